The van der Waals surface area contributed by atoms with Gasteiger partial charge in [0.25, 0.3) is 0 Å². The number of carbonyl (C=O) groups excluding carboxylic acids is 2. The fourth-order valence-electron chi connectivity index (χ4n) is 3.50. The minimum atomic E-state index is -0.266. The van der Waals surface area contributed by atoms with Crippen molar-refractivity contribution in [2.75, 3.05) is 25.3 Å². The summed E-state index contributed by atoms with van der Waals surface area (Å²) in [5, 5.41) is 14.8. The molecule has 1 aromatic heterocycles. The number of nitrogens with one attached hydrogen (secondary N) is 2. The highest BCUT2D eigenvalue weighted by Crippen LogP contribution is 2.28. The molecular weight excluding hydrogens is 478 g/mol. The first-order valence-electron chi connectivity index (χ1n) is 11.4. The third kappa shape index (κ3) is 7.11. The number of hydrogen-bond donors (Lipinski definition) is 2. The Morgan fingerprint density at radius 1 is 1.06 bits per heavy atom. The number of aromatic nitrogens is 3. The third-order valence-corrected chi connectivity index (χ3v) is 6.32. The number of benzene rings is 2. The molecule has 36 heavy (non-hydrogen) atoms. The van der Waals surface area contributed by atoms with Gasteiger partial charge in [0.05, 0.1) is 26.5 Å². The van der Waals surface area contributed by atoms with Gasteiger partial charge in [-0.05, 0) is 56.2 Å². The molecule has 3 aromatic rings. The molecule has 0 bridgehead atoms. The highest BCUT2D eigenvalue weighted by Gasteiger charge is 2.14. The van der Waals surface area contributed by atoms with Crippen molar-refractivity contribution in [3.63, 3.8) is 0 Å². The van der Waals surface area contributed by atoms with Crippen LogP contribution < -0.4 is 20.1 Å². The van der Waals surface area contributed by atoms with E-state index in [2.05, 4.69) is 20.8 Å². The second-order valence-corrected chi connectivity index (χ2v) is 8.91. The van der Waals surface area contributed by atoms with Gasteiger partial charge in [0.2, 0.25) is 11.8 Å². The van der Waals surface area contributed by atoms with E-state index in [-0.39, 0.29) is 24.1 Å². The Morgan fingerprint density at radius 3 is 2.53 bits per heavy atom. The standard InChI is InChI=1S/C26H31N5O4S/c1-6-31-23(15-27-24(32)12-9-19-8-11-21(34-4)22(14-19)35-5)29-30-26(31)36-16-25(33)28-20-10-7-17(2)13-18(20)3/h7-14H,6,15-16H2,1-5H3,(H,27,32)(H,28,33). The number of nitrogens with zero attached hydrogens (tertiary/aromatic N) is 3. The Morgan fingerprint density at radius 2 is 1.83 bits per heavy atom. The molecule has 2 N–H and O–H groups in total. The van der Waals surface area contributed by atoms with Crippen molar-refractivity contribution in [3.05, 3.63) is 65.0 Å². The minimum absolute atomic E-state index is 0.118. The topological polar surface area (TPSA) is 107 Å². The summed E-state index contributed by atoms with van der Waals surface area (Å²) in [5.41, 5.74) is 3.76. The van der Waals surface area contributed by atoms with Crippen LogP contribution in [0.1, 0.15) is 29.4 Å². The lowest BCUT2D eigenvalue weighted by atomic mass is 10.1. The van der Waals surface area contributed by atoms with E-state index in [1.54, 1.807) is 32.4 Å². The molecule has 0 atom stereocenters. The van der Waals surface area contributed by atoms with Gasteiger partial charge in [0.15, 0.2) is 22.5 Å². The minimum Gasteiger partial charge on any atom is -0.493 e. The normalized spacial score (nSPS) is 10.9. The monoisotopic (exact) mass is 509 g/mol. The van der Waals surface area contributed by atoms with Crippen molar-refractivity contribution in [2.24, 2.45) is 0 Å². The Labute approximate surface area is 215 Å². The van der Waals surface area contributed by atoms with Gasteiger partial charge < -0.3 is 24.7 Å². The molecule has 10 heteroatoms. The van der Waals surface area contributed by atoms with E-state index in [0.717, 1.165) is 22.4 Å². The van der Waals surface area contributed by atoms with E-state index in [1.807, 2.05) is 49.6 Å². The maximum atomic E-state index is 12.4. The average Bonchev–Trinajstić information content (AvgIpc) is 3.28. The first-order chi connectivity index (χ1) is 17.3. The van der Waals surface area contributed by atoms with Crippen LogP contribution in [0, 0.1) is 13.8 Å². The van der Waals surface area contributed by atoms with Crippen molar-refractivity contribution in [1.29, 1.82) is 0 Å². The summed E-state index contributed by atoms with van der Waals surface area (Å²) >= 11 is 1.31. The number of amides is 2. The number of methoxy groups -OCH3 is 2. The van der Waals surface area contributed by atoms with Crippen molar-refractivity contribution < 1.29 is 19.1 Å². The number of rotatable bonds is 11. The van der Waals surface area contributed by atoms with Crippen molar-refractivity contribution in [1.82, 2.24) is 20.1 Å². The predicted molar refractivity (Wildman–Crippen MR) is 141 cm³/mol. The summed E-state index contributed by atoms with van der Waals surface area (Å²) in [6.07, 6.45) is 3.14. The number of ether oxygens (including phenoxy) is 2. The molecule has 0 aliphatic heterocycles. The molecule has 0 aliphatic rings. The van der Waals surface area contributed by atoms with E-state index in [0.29, 0.717) is 29.0 Å². The van der Waals surface area contributed by atoms with Gasteiger partial charge in [-0.2, -0.15) is 0 Å². The highest BCUT2D eigenvalue weighted by molar-refractivity contribution is 7.99. The molecule has 9 nitrogen and oxygen atoms in total. The van der Waals surface area contributed by atoms with Crippen LogP contribution in [-0.4, -0.2) is 46.6 Å². The van der Waals surface area contributed by atoms with Crippen LogP contribution in [0.25, 0.3) is 6.08 Å². The molecule has 0 aliphatic carbocycles. The second-order valence-electron chi connectivity index (χ2n) is 7.96. The maximum Gasteiger partial charge on any atom is 0.244 e. The molecule has 3 rings (SSSR count). The number of carbonyl (C=O) groups is 2. The largest absolute Gasteiger partial charge is 0.493 e. The van der Waals surface area contributed by atoms with Crippen LogP contribution in [0.2, 0.25) is 0 Å². The summed E-state index contributed by atoms with van der Waals surface area (Å²) in [6.45, 7) is 6.77. The van der Waals surface area contributed by atoms with Gasteiger partial charge in [0.1, 0.15) is 0 Å². The summed E-state index contributed by atoms with van der Waals surface area (Å²) in [5.74, 6) is 1.64. The zero-order valence-electron chi connectivity index (χ0n) is 21.1. The quantitative estimate of drug-likeness (QED) is 0.297. The fourth-order valence-corrected chi connectivity index (χ4v) is 4.32. The Bertz CT molecular complexity index is 1260. The van der Waals surface area contributed by atoms with Crippen molar-refractivity contribution in [2.45, 2.75) is 39.0 Å². The van der Waals surface area contributed by atoms with Crippen LogP contribution >= 0.6 is 11.8 Å². The average molecular weight is 510 g/mol. The Balaban J connectivity index is 1.54. The van der Waals surface area contributed by atoms with E-state index in [1.165, 1.54) is 17.8 Å². The van der Waals surface area contributed by atoms with Crippen molar-refractivity contribution in [3.8, 4) is 11.5 Å². The number of aryl methyl sites for hydroxylation is 2. The van der Waals surface area contributed by atoms with Crippen molar-refractivity contribution >= 4 is 35.3 Å². The molecular formula is C26H31N5O4S. The molecule has 0 saturated carbocycles. The smallest absolute Gasteiger partial charge is 0.244 e. The van der Waals surface area contributed by atoms with Gasteiger partial charge in [-0.1, -0.05) is 35.5 Å². The summed E-state index contributed by atoms with van der Waals surface area (Å²) in [4.78, 5) is 24.8. The first-order valence-corrected chi connectivity index (χ1v) is 12.4. The number of thioether (sulfide) groups is 1. The first kappa shape index (κ1) is 26.8. The lowest BCUT2D eigenvalue weighted by Crippen LogP contribution is -2.22. The zero-order valence-corrected chi connectivity index (χ0v) is 21.9. The number of anilines is 1. The molecule has 0 spiro atoms. The zero-order chi connectivity index (χ0) is 26.1. The summed E-state index contributed by atoms with van der Waals surface area (Å²) in [6, 6.07) is 11.3. The van der Waals surface area contributed by atoms with Crippen LogP contribution in [0.4, 0.5) is 5.69 Å². The molecule has 0 unspecified atom stereocenters. The lowest BCUT2D eigenvalue weighted by Gasteiger charge is -2.10. The molecule has 190 valence electrons. The summed E-state index contributed by atoms with van der Waals surface area (Å²) < 4.78 is 12.4. The molecule has 0 fully saturated rings. The van der Waals surface area contributed by atoms with Gasteiger partial charge in [-0.25, -0.2) is 0 Å². The molecule has 0 saturated heterocycles. The van der Waals surface area contributed by atoms with Gasteiger partial charge in [-0.3, -0.25) is 9.59 Å². The van der Waals surface area contributed by atoms with Crippen LogP contribution in [0.5, 0.6) is 11.5 Å². The third-order valence-electron chi connectivity index (χ3n) is 5.35. The fraction of sp³-hybridized carbons (Fsp3) is 0.308. The molecule has 2 amide bonds. The predicted octanol–water partition coefficient (Wildman–Crippen LogP) is 3.99. The molecule has 0 radical (unpaired) electrons. The highest BCUT2D eigenvalue weighted by atomic mass is 32.2. The maximum absolute atomic E-state index is 12.4. The van der Waals surface area contributed by atoms with E-state index < -0.39 is 0 Å². The second kappa shape index (κ2) is 12.8. The SMILES string of the molecule is CCn1c(CNC(=O)C=Cc2ccc(OC)c(OC)c2)nnc1SCC(=O)Nc1ccc(C)cc1C. The van der Waals surface area contributed by atoms with Crippen LogP contribution in [0.15, 0.2) is 47.6 Å². The van der Waals surface area contributed by atoms with Gasteiger partial charge >= 0.3 is 0 Å². The van der Waals surface area contributed by atoms with E-state index >= 15 is 0 Å². The number of hydrogen-bond acceptors (Lipinski definition) is 7. The van der Waals surface area contributed by atoms with E-state index in [4.69, 9.17) is 9.47 Å². The Kier molecular flexibility index (Phi) is 9.52. The summed E-state index contributed by atoms with van der Waals surface area (Å²) in [7, 11) is 3.13. The van der Waals surface area contributed by atoms with E-state index in [9.17, 15) is 9.59 Å². The van der Waals surface area contributed by atoms with Gasteiger partial charge in [-0.15, -0.1) is 10.2 Å². The van der Waals surface area contributed by atoms with Gasteiger partial charge in [0, 0.05) is 18.3 Å². The molecule has 1 heterocycles. The molecule has 2 aromatic carbocycles. The Hall–Kier alpha value is -3.79. The van der Waals surface area contributed by atoms with Crippen LogP contribution in [-0.2, 0) is 22.7 Å². The lowest BCUT2D eigenvalue weighted by molar-refractivity contribution is -0.116. The van der Waals surface area contributed by atoms with Crippen LogP contribution in [0.3, 0.4) is 0 Å².